The molecule has 0 aliphatic heterocycles. The number of aliphatic hydroxyl groups excluding tert-OH is 3. The lowest BCUT2D eigenvalue weighted by Crippen LogP contribution is -2.32. The van der Waals surface area contributed by atoms with Gasteiger partial charge in [-0.15, -0.1) is 0 Å². The number of allylic oxidation sites excluding steroid dienone is 2. The summed E-state index contributed by atoms with van der Waals surface area (Å²) in [6.07, 6.45) is 1.80. The van der Waals surface area contributed by atoms with E-state index in [2.05, 4.69) is 5.32 Å². The maximum absolute atomic E-state index is 12.9. The van der Waals surface area contributed by atoms with E-state index in [1.54, 1.807) is 18.2 Å². The van der Waals surface area contributed by atoms with Crippen LogP contribution in [-0.2, 0) is 19.4 Å². The minimum absolute atomic E-state index is 0.00554. The first-order valence-corrected chi connectivity index (χ1v) is 14.3. The zero-order valence-corrected chi connectivity index (χ0v) is 22.7. The van der Waals surface area contributed by atoms with Gasteiger partial charge in [-0.3, -0.25) is 9.59 Å². The highest BCUT2D eigenvalue weighted by Gasteiger charge is 2.38. The van der Waals surface area contributed by atoms with E-state index in [0.717, 1.165) is 11.1 Å². The van der Waals surface area contributed by atoms with E-state index in [1.165, 1.54) is 26.0 Å². The average Bonchev–Trinajstić information content (AvgIpc) is 2.81. The number of nitrogens with one attached hydrogen (secondary N) is 1. The van der Waals surface area contributed by atoms with Crippen molar-refractivity contribution >= 4 is 33.0 Å². The van der Waals surface area contributed by atoms with Gasteiger partial charge in [-0.25, -0.2) is 8.42 Å². The number of carbonyl (C=O) groups is 2. The molecule has 5 N–H and O–H groups in total. The molecule has 0 bridgehead atoms. The molecule has 1 amide bonds. The van der Waals surface area contributed by atoms with Gasteiger partial charge in [0.25, 0.3) is 0 Å². The molecule has 206 valence electrons. The number of amides is 1. The van der Waals surface area contributed by atoms with Gasteiger partial charge in [0.2, 0.25) is 5.91 Å². The molecule has 37 heavy (non-hydrogen) atoms. The molecule has 10 heteroatoms. The van der Waals surface area contributed by atoms with Crippen LogP contribution in [0.5, 0.6) is 0 Å². The molecule has 0 aromatic heterocycles. The number of carboxylic acid groups (broad SMARTS) is 1. The minimum atomic E-state index is -3.69. The summed E-state index contributed by atoms with van der Waals surface area (Å²) in [4.78, 5) is 22.5. The molecule has 0 saturated heterocycles. The molecular weight excluding hydrogens is 498 g/mol. The van der Waals surface area contributed by atoms with Gasteiger partial charge >= 0.3 is 5.97 Å². The Morgan fingerprint density at radius 2 is 1.84 bits per heavy atom. The molecule has 0 heterocycles. The molecule has 1 aromatic carbocycles. The number of carboxylic acids is 1. The van der Waals surface area contributed by atoms with E-state index < -0.39 is 51.9 Å². The lowest BCUT2D eigenvalue weighted by molar-refractivity contribution is -0.139. The second kappa shape index (κ2) is 12.8. The first kappa shape index (κ1) is 30.7. The predicted molar refractivity (Wildman–Crippen MR) is 142 cm³/mol. The summed E-state index contributed by atoms with van der Waals surface area (Å²) in [6, 6.07) is 4.78. The van der Waals surface area contributed by atoms with Crippen molar-refractivity contribution in [3.05, 3.63) is 41.5 Å². The molecule has 0 radical (unpaired) electrons. The molecule has 0 saturated carbocycles. The smallest absolute Gasteiger partial charge is 0.305 e. The van der Waals surface area contributed by atoms with Gasteiger partial charge in [-0.05, 0) is 59.9 Å². The van der Waals surface area contributed by atoms with Gasteiger partial charge in [-0.2, -0.15) is 0 Å². The van der Waals surface area contributed by atoms with Crippen molar-refractivity contribution in [3.8, 4) is 0 Å². The molecule has 3 unspecified atom stereocenters. The Balaban J connectivity index is 2.68. The van der Waals surface area contributed by atoms with Crippen LogP contribution in [-0.4, -0.2) is 64.8 Å². The summed E-state index contributed by atoms with van der Waals surface area (Å²) in [5.74, 6) is -1.71. The van der Waals surface area contributed by atoms with E-state index in [4.69, 9.17) is 5.11 Å². The fourth-order valence-electron chi connectivity index (χ4n) is 5.03. The number of carbonyl (C=O) groups excluding carboxylic acids is 1. The van der Waals surface area contributed by atoms with E-state index in [0.29, 0.717) is 24.8 Å². The highest BCUT2D eigenvalue weighted by Crippen LogP contribution is 2.50. The number of benzene rings is 1. The largest absolute Gasteiger partial charge is 0.481 e. The Morgan fingerprint density at radius 1 is 1.19 bits per heavy atom. The van der Waals surface area contributed by atoms with E-state index in [9.17, 15) is 33.3 Å². The summed E-state index contributed by atoms with van der Waals surface area (Å²) in [5, 5.41) is 42.6. The first-order chi connectivity index (χ1) is 17.3. The molecule has 1 aromatic rings. The van der Waals surface area contributed by atoms with Crippen molar-refractivity contribution < 1.29 is 38.4 Å². The fraction of sp³-hybridized carbons (Fsp3) is 0.556. The second-order valence-electron chi connectivity index (χ2n) is 9.65. The molecule has 9 nitrogen and oxygen atoms in total. The van der Waals surface area contributed by atoms with Crippen molar-refractivity contribution in [1.29, 1.82) is 0 Å². The lowest BCUT2D eigenvalue weighted by Gasteiger charge is -2.41. The van der Waals surface area contributed by atoms with Gasteiger partial charge in [0, 0.05) is 13.3 Å². The quantitative estimate of drug-likeness (QED) is 0.271. The summed E-state index contributed by atoms with van der Waals surface area (Å²) in [6.45, 7) is 6.84. The third-order valence-electron chi connectivity index (χ3n) is 7.08. The standard InChI is InChI=1S/C27H39NO8S/c1-5-27(6-2)16-21(32)14-22(23(27)10-9-19(30)13-20(31)15-26(33)34)18-8-11-24(28-17(4)29)25(12-18)37(35,36)7-3/h8-12,19-21,30-32H,5-7,13-16H2,1-4H3,(H,28,29)(H,33,34)/b10-9+. The molecule has 0 spiro atoms. The van der Waals surface area contributed by atoms with Crippen LogP contribution in [0.2, 0.25) is 0 Å². The lowest BCUT2D eigenvalue weighted by atomic mass is 9.64. The van der Waals surface area contributed by atoms with Crippen LogP contribution in [0.1, 0.15) is 71.8 Å². The molecule has 0 fully saturated rings. The van der Waals surface area contributed by atoms with Crippen molar-refractivity contribution in [3.63, 3.8) is 0 Å². The van der Waals surface area contributed by atoms with Gasteiger partial charge < -0.3 is 25.7 Å². The van der Waals surface area contributed by atoms with Crippen LogP contribution in [0, 0.1) is 5.41 Å². The summed E-state index contributed by atoms with van der Waals surface area (Å²) in [5.41, 5.74) is 1.92. The van der Waals surface area contributed by atoms with E-state index in [1.807, 2.05) is 13.8 Å². The summed E-state index contributed by atoms with van der Waals surface area (Å²) in [7, 11) is -3.69. The fourth-order valence-corrected chi connectivity index (χ4v) is 6.11. The Kier molecular flexibility index (Phi) is 10.6. The molecule has 1 aliphatic carbocycles. The summed E-state index contributed by atoms with van der Waals surface area (Å²) >= 11 is 0. The van der Waals surface area contributed by atoms with Gasteiger partial charge in [0.15, 0.2) is 9.84 Å². The van der Waals surface area contributed by atoms with Crippen molar-refractivity contribution in [1.82, 2.24) is 0 Å². The van der Waals surface area contributed by atoms with Crippen LogP contribution in [0.25, 0.3) is 5.57 Å². The number of aliphatic hydroxyl groups is 3. The van der Waals surface area contributed by atoms with Gasteiger partial charge in [0.05, 0.1) is 41.1 Å². The molecule has 1 aliphatic rings. The van der Waals surface area contributed by atoms with Crippen molar-refractivity contribution in [2.45, 2.75) is 89.4 Å². The highest BCUT2D eigenvalue weighted by atomic mass is 32.2. The van der Waals surface area contributed by atoms with Crippen molar-refractivity contribution in [2.24, 2.45) is 5.41 Å². The number of hydrogen-bond donors (Lipinski definition) is 5. The molecule has 2 rings (SSSR count). The van der Waals surface area contributed by atoms with Crippen LogP contribution >= 0.6 is 0 Å². The number of rotatable bonds is 12. The normalized spacial score (nSPS) is 19.6. The number of aliphatic carboxylic acids is 1. The average molecular weight is 538 g/mol. The van der Waals surface area contributed by atoms with Crippen LogP contribution in [0.4, 0.5) is 5.69 Å². The third kappa shape index (κ3) is 7.73. The van der Waals surface area contributed by atoms with E-state index in [-0.39, 0.29) is 29.2 Å². The Morgan fingerprint density at radius 3 is 2.38 bits per heavy atom. The van der Waals surface area contributed by atoms with Crippen LogP contribution < -0.4 is 5.32 Å². The highest BCUT2D eigenvalue weighted by molar-refractivity contribution is 7.91. The number of hydrogen-bond acceptors (Lipinski definition) is 7. The third-order valence-corrected chi connectivity index (χ3v) is 8.85. The van der Waals surface area contributed by atoms with Gasteiger partial charge in [0.1, 0.15) is 0 Å². The van der Waals surface area contributed by atoms with Gasteiger partial charge in [-0.1, -0.05) is 39.0 Å². The predicted octanol–water partition coefficient (Wildman–Crippen LogP) is 3.30. The first-order valence-electron chi connectivity index (χ1n) is 12.6. The SMILES string of the molecule is CCC1(CC)CC(O)CC(c2ccc(NC(C)=O)c(S(=O)(=O)CC)c2)=C1/C=C/C(O)CC(O)CC(=O)O. The van der Waals surface area contributed by atoms with Crippen LogP contribution in [0.3, 0.4) is 0 Å². The second-order valence-corrected chi connectivity index (χ2v) is 11.9. The Labute approximate surface area is 218 Å². The zero-order chi connectivity index (χ0) is 28.0. The summed E-state index contributed by atoms with van der Waals surface area (Å²) < 4.78 is 25.8. The number of sulfone groups is 1. The van der Waals surface area contributed by atoms with Crippen LogP contribution in [0.15, 0.2) is 40.8 Å². The molecule has 3 atom stereocenters. The Hall–Kier alpha value is -2.53. The minimum Gasteiger partial charge on any atom is -0.481 e. The monoisotopic (exact) mass is 537 g/mol. The zero-order valence-electron chi connectivity index (χ0n) is 21.9. The molecular formula is C27H39NO8S. The van der Waals surface area contributed by atoms with Crippen molar-refractivity contribution in [2.75, 3.05) is 11.1 Å². The maximum atomic E-state index is 12.9. The topological polar surface area (TPSA) is 161 Å². The van der Waals surface area contributed by atoms with E-state index >= 15 is 0 Å². The Bertz CT molecular complexity index is 1150. The number of anilines is 1. The maximum Gasteiger partial charge on any atom is 0.305 e.